The SMILES string of the molecule is C[C@@]1(C[C@@H]2CC(=O)N(c3ccc(C(F)(F)F)cc3)C2=O)N=C(c2ccccc2)OC1=O. The summed E-state index contributed by atoms with van der Waals surface area (Å²) in [7, 11) is 0. The van der Waals surface area contributed by atoms with Crippen molar-refractivity contribution in [2.75, 3.05) is 4.90 Å². The Labute approximate surface area is 175 Å². The van der Waals surface area contributed by atoms with Crippen LogP contribution in [-0.4, -0.2) is 29.2 Å². The van der Waals surface area contributed by atoms with Gasteiger partial charge in [0.15, 0.2) is 5.54 Å². The number of esters is 1. The van der Waals surface area contributed by atoms with Crippen molar-refractivity contribution in [1.29, 1.82) is 0 Å². The zero-order chi connectivity index (χ0) is 22.4. The average molecular weight is 430 g/mol. The van der Waals surface area contributed by atoms with E-state index in [0.29, 0.717) is 5.56 Å². The summed E-state index contributed by atoms with van der Waals surface area (Å²) in [4.78, 5) is 43.0. The molecule has 160 valence electrons. The Kier molecular flexibility index (Phi) is 4.91. The molecule has 2 heterocycles. The predicted octanol–water partition coefficient (Wildman–Crippen LogP) is 3.74. The summed E-state index contributed by atoms with van der Waals surface area (Å²) in [5.41, 5.74) is -1.56. The molecule has 2 aromatic rings. The van der Waals surface area contributed by atoms with Gasteiger partial charge in [0, 0.05) is 12.0 Å². The first-order valence-corrected chi connectivity index (χ1v) is 9.50. The Balaban J connectivity index is 1.54. The Bertz CT molecular complexity index is 1080. The van der Waals surface area contributed by atoms with E-state index in [-0.39, 0.29) is 24.4 Å². The molecule has 2 aliphatic heterocycles. The van der Waals surface area contributed by atoms with Gasteiger partial charge in [-0.3, -0.25) is 14.5 Å². The Morgan fingerprint density at radius 1 is 1.06 bits per heavy atom. The van der Waals surface area contributed by atoms with E-state index in [1.807, 2.05) is 0 Å². The van der Waals surface area contributed by atoms with Crippen molar-refractivity contribution >= 4 is 29.4 Å². The molecule has 2 atom stereocenters. The monoisotopic (exact) mass is 430 g/mol. The number of nitrogens with zero attached hydrogens (tertiary/aromatic N) is 2. The molecule has 0 saturated carbocycles. The summed E-state index contributed by atoms with van der Waals surface area (Å²) in [5.74, 6) is -2.45. The molecule has 0 aliphatic carbocycles. The summed E-state index contributed by atoms with van der Waals surface area (Å²) >= 11 is 0. The van der Waals surface area contributed by atoms with Crippen LogP contribution in [0.1, 0.15) is 30.9 Å². The number of benzene rings is 2. The number of anilines is 1. The number of rotatable bonds is 4. The van der Waals surface area contributed by atoms with Crippen LogP contribution in [0.2, 0.25) is 0 Å². The third-order valence-electron chi connectivity index (χ3n) is 5.33. The lowest BCUT2D eigenvalue weighted by molar-refractivity contribution is -0.139. The summed E-state index contributed by atoms with van der Waals surface area (Å²) in [5, 5.41) is 0. The molecule has 0 spiro atoms. The maximum absolute atomic E-state index is 12.9. The van der Waals surface area contributed by atoms with Crippen molar-refractivity contribution in [3.05, 3.63) is 65.7 Å². The number of cyclic esters (lactones) is 1. The molecule has 0 N–H and O–H groups in total. The van der Waals surface area contributed by atoms with Crippen molar-refractivity contribution in [3.63, 3.8) is 0 Å². The molecule has 4 rings (SSSR count). The van der Waals surface area contributed by atoms with E-state index in [0.717, 1.165) is 29.2 Å². The van der Waals surface area contributed by atoms with Crippen LogP contribution in [-0.2, 0) is 25.3 Å². The maximum Gasteiger partial charge on any atom is 0.416 e. The number of ether oxygens (including phenoxy) is 1. The second-order valence-corrected chi connectivity index (χ2v) is 7.66. The van der Waals surface area contributed by atoms with Gasteiger partial charge in [-0.05, 0) is 49.7 Å². The van der Waals surface area contributed by atoms with Gasteiger partial charge in [-0.1, -0.05) is 18.2 Å². The van der Waals surface area contributed by atoms with Crippen molar-refractivity contribution in [2.24, 2.45) is 10.9 Å². The van der Waals surface area contributed by atoms with E-state index < -0.39 is 41.0 Å². The van der Waals surface area contributed by atoms with E-state index in [2.05, 4.69) is 4.99 Å². The fourth-order valence-corrected chi connectivity index (χ4v) is 3.73. The standard InChI is InChI=1S/C22H17F3N2O4/c1-21(20(30)31-18(26-21)13-5-3-2-4-6-13)12-14-11-17(28)27(19(14)29)16-9-7-15(8-10-16)22(23,24)25/h2-10,14H,11-12H2,1H3/t14-,21-/m0/s1. The number of halogens is 3. The van der Waals surface area contributed by atoms with Crippen LogP contribution in [0.3, 0.4) is 0 Å². The average Bonchev–Trinajstić information content (AvgIpc) is 3.17. The molecule has 0 radical (unpaired) electrons. The van der Waals surface area contributed by atoms with Crippen molar-refractivity contribution in [1.82, 2.24) is 0 Å². The molecule has 31 heavy (non-hydrogen) atoms. The molecule has 2 aromatic carbocycles. The lowest BCUT2D eigenvalue weighted by Gasteiger charge is -2.20. The van der Waals surface area contributed by atoms with Crippen LogP contribution in [0.4, 0.5) is 18.9 Å². The molecule has 2 amide bonds. The fourth-order valence-electron chi connectivity index (χ4n) is 3.73. The largest absolute Gasteiger partial charge is 0.416 e. The second-order valence-electron chi connectivity index (χ2n) is 7.66. The number of imide groups is 1. The molecular weight excluding hydrogens is 413 g/mol. The first kappa shape index (κ1) is 20.8. The van der Waals surface area contributed by atoms with E-state index in [9.17, 15) is 27.6 Å². The van der Waals surface area contributed by atoms with Gasteiger partial charge >= 0.3 is 12.1 Å². The van der Waals surface area contributed by atoms with Gasteiger partial charge in [0.25, 0.3) is 0 Å². The van der Waals surface area contributed by atoms with Gasteiger partial charge in [-0.15, -0.1) is 0 Å². The lowest BCUT2D eigenvalue weighted by atomic mass is 9.88. The molecule has 1 fully saturated rings. The molecule has 2 aliphatic rings. The van der Waals surface area contributed by atoms with Crippen molar-refractivity contribution in [3.8, 4) is 0 Å². The lowest BCUT2D eigenvalue weighted by Crippen LogP contribution is -2.36. The van der Waals surface area contributed by atoms with Crippen molar-refractivity contribution in [2.45, 2.75) is 31.5 Å². The van der Waals surface area contributed by atoms with Gasteiger partial charge in [-0.2, -0.15) is 13.2 Å². The highest BCUT2D eigenvalue weighted by Crippen LogP contribution is 2.37. The molecule has 6 nitrogen and oxygen atoms in total. The topological polar surface area (TPSA) is 76.0 Å². The van der Waals surface area contributed by atoms with Crippen LogP contribution in [0.15, 0.2) is 59.6 Å². The zero-order valence-corrected chi connectivity index (χ0v) is 16.3. The third-order valence-corrected chi connectivity index (χ3v) is 5.33. The van der Waals surface area contributed by atoms with Gasteiger partial charge < -0.3 is 4.74 Å². The van der Waals surface area contributed by atoms with E-state index in [4.69, 9.17) is 4.74 Å². The Morgan fingerprint density at radius 2 is 1.71 bits per heavy atom. The van der Waals surface area contributed by atoms with Gasteiger partial charge in [0.05, 0.1) is 17.2 Å². The molecular formula is C22H17F3N2O4. The number of carbonyl (C=O) groups excluding carboxylic acids is 3. The predicted molar refractivity (Wildman–Crippen MR) is 104 cm³/mol. The van der Waals surface area contributed by atoms with Crippen LogP contribution >= 0.6 is 0 Å². The van der Waals surface area contributed by atoms with Crippen LogP contribution in [0, 0.1) is 5.92 Å². The fraction of sp³-hybridized carbons (Fsp3) is 0.273. The Morgan fingerprint density at radius 3 is 2.32 bits per heavy atom. The number of hydrogen-bond acceptors (Lipinski definition) is 5. The normalized spacial score (nSPS) is 23.9. The zero-order valence-electron chi connectivity index (χ0n) is 16.3. The molecule has 0 unspecified atom stereocenters. The first-order valence-electron chi connectivity index (χ1n) is 9.50. The number of alkyl halides is 3. The first-order chi connectivity index (χ1) is 14.6. The van der Waals surface area contributed by atoms with Crippen LogP contribution in [0.5, 0.6) is 0 Å². The molecule has 1 saturated heterocycles. The number of carbonyl (C=O) groups is 3. The Hall–Kier alpha value is -3.49. The minimum absolute atomic E-state index is 0.0517. The minimum Gasteiger partial charge on any atom is -0.405 e. The van der Waals surface area contributed by atoms with Crippen molar-refractivity contribution < 1.29 is 32.3 Å². The van der Waals surface area contributed by atoms with Crippen LogP contribution < -0.4 is 4.90 Å². The number of aliphatic imine (C=N–C) groups is 1. The summed E-state index contributed by atoms with van der Waals surface area (Å²) in [6.45, 7) is 1.53. The second kappa shape index (κ2) is 7.33. The van der Waals surface area contributed by atoms with E-state index >= 15 is 0 Å². The van der Waals surface area contributed by atoms with Gasteiger partial charge in [0.2, 0.25) is 17.7 Å². The highest BCUT2D eigenvalue weighted by Gasteiger charge is 2.49. The summed E-state index contributed by atoms with van der Waals surface area (Å²) < 4.78 is 43.6. The maximum atomic E-state index is 12.9. The van der Waals surface area contributed by atoms with E-state index in [1.54, 1.807) is 30.3 Å². The molecule has 0 bridgehead atoms. The highest BCUT2D eigenvalue weighted by molar-refractivity contribution is 6.21. The van der Waals surface area contributed by atoms with Gasteiger partial charge in [-0.25, -0.2) is 9.79 Å². The summed E-state index contributed by atoms with van der Waals surface area (Å²) in [6.07, 6.45) is -4.74. The number of amides is 2. The molecule has 9 heteroatoms. The third kappa shape index (κ3) is 3.83. The number of hydrogen-bond donors (Lipinski definition) is 0. The van der Waals surface area contributed by atoms with Gasteiger partial charge in [0.1, 0.15) is 0 Å². The molecule has 0 aromatic heterocycles. The highest BCUT2D eigenvalue weighted by atomic mass is 19.4. The quantitative estimate of drug-likeness (QED) is 0.547. The minimum atomic E-state index is -4.52. The summed E-state index contributed by atoms with van der Waals surface area (Å²) in [6, 6.07) is 12.6. The van der Waals surface area contributed by atoms with E-state index in [1.165, 1.54) is 6.92 Å². The van der Waals surface area contributed by atoms with Crippen LogP contribution in [0.25, 0.3) is 0 Å². The smallest absolute Gasteiger partial charge is 0.405 e.